The second kappa shape index (κ2) is 6.74. The molecule has 16 heavy (non-hydrogen) atoms. The van der Waals surface area contributed by atoms with Crippen LogP contribution in [0.1, 0.15) is 33.6 Å². The summed E-state index contributed by atoms with van der Waals surface area (Å²) >= 11 is 0. The van der Waals surface area contributed by atoms with Gasteiger partial charge in [-0.25, -0.2) is 0 Å². The van der Waals surface area contributed by atoms with E-state index in [0.717, 1.165) is 32.5 Å². The van der Waals surface area contributed by atoms with E-state index in [1.807, 2.05) is 0 Å². The molecule has 1 saturated heterocycles. The minimum atomic E-state index is 0.384. The predicted octanol–water partition coefficient (Wildman–Crippen LogP) is 1.36. The molecule has 4 heteroatoms. The molecule has 0 radical (unpaired) electrons. The molecule has 0 amide bonds. The Labute approximate surface area is 98.6 Å². The van der Waals surface area contributed by atoms with Gasteiger partial charge < -0.3 is 15.8 Å². The van der Waals surface area contributed by atoms with Crippen molar-refractivity contribution in [3.63, 3.8) is 0 Å². The van der Waals surface area contributed by atoms with Crippen molar-refractivity contribution in [1.82, 2.24) is 5.32 Å². The van der Waals surface area contributed by atoms with E-state index in [-0.39, 0.29) is 0 Å². The molecule has 3 N–H and O–H groups in total. The zero-order valence-electron chi connectivity index (χ0n) is 10.7. The number of rotatable bonds is 4. The van der Waals surface area contributed by atoms with Gasteiger partial charge in [-0.1, -0.05) is 13.8 Å². The normalized spacial score (nSPS) is 27.1. The lowest BCUT2D eigenvalue weighted by atomic mass is 9.96. The summed E-state index contributed by atoms with van der Waals surface area (Å²) in [5.74, 6) is 1.80. The maximum Gasteiger partial charge on any atom is 0.188 e. The first kappa shape index (κ1) is 13.3. The second-order valence-corrected chi connectivity index (χ2v) is 5.07. The van der Waals surface area contributed by atoms with E-state index in [2.05, 4.69) is 31.1 Å². The smallest absolute Gasteiger partial charge is 0.188 e. The number of guanidine groups is 1. The summed E-state index contributed by atoms with van der Waals surface area (Å²) in [6.45, 7) is 8.98. The Balaban J connectivity index is 2.20. The van der Waals surface area contributed by atoms with Crippen molar-refractivity contribution in [2.75, 3.05) is 19.7 Å². The maximum absolute atomic E-state index is 5.78. The van der Waals surface area contributed by atoms with Crippen molar-refractivity contribution in [1.29, 1.82) is 0 Å². The molecule has 0 spiro atoms. The topological polar surface area (TPSA) is 59.6 Å². The molecule has 1 aliphatic heterocycles. The third-order valence-electron chi connectivity index (χ3n) is 2.79. The Bertz CT molecular complexity index is 228. The summed E-state index contributed by atoms with van der Waals surface area (Å²) in [5, 5.41) is 3.20. The molecule has 1 rings (SSSR count). The Kier molecular flexibility index (Phi) is 5.60. The largest absolute Gasteiger partial charge is 0.378 e. The van der Waals surface area contributed by atoms with Gasteiger partial charge in [-0.2, -0.15) is 0 Å². The molecular formula is C12H25N3O. The van der Waals surface area contributed by atoms with Crippen LogP contribution >= 0.6 is 0 Å². The Hall–Kier alpha value is -0.770. The number of nitrogens with one attached hydrogen (secondary N) is 1. The lowest BCUT2D eigenvalue weighted by Crippen LogP contribution is -2.38. The van der Waals surface area contributed by atoms with Crippen molar-refractivity contribution in [2.24, 2.45) is 22.6 Å². The minimum Gasteiger partial charge on any atom is -0.378 e. The highest BCUT2D eigenvalue weighted by atomic mass is 16.5. The minimum absolute atomic E-state index is 0.384. The van der Waals surface area contributed by atoms with E-state index in [1.165, 1.54) is 0 Å². The molecule has 1 heterocycles. The first-order valence-corrected chi connectivity index (χ1v) is 6.23. The van der Waals surface area contributed by atoms with Crippen LogP contribution in [0.2, 0.25) is 0 Å². The maximum atomic E-state index is 5.78. The van der Waals surface area contributed by atoms with Crippen LogP contribution in [0.15, 0.2) is 4.99 Å². The molecule has 1 aliphatic rings. The van der Waals surface area contributed by atoms with Crippen molar-refractivity contribution in [2.45, 2.75) is 39.7 Å². The monoisotopic (exact) mass is 227 g/mol. The van der Waals surface area contributed by atoms with Crippen LogP contribution in [0.4, 0.5) is 0 Å². The van der Waals surface area contributed by atoms with Gasteiger partial charge in [0, 0.05) is 19.7 Å². The quantitative estimate of drug-likeness (QED) is 0.563. The molecule has 0 aliphatic carbocycles. The number of nitrogens with zero attached hydrogens (tertiary/aromatic N) is 1. The average Bonchev–Trinajstić information content (AvgIpc) is 2.23. The van der Waals surface area contributed by atoms with E-state index >= 15 is 0 Å². The van der Waals surface area contributed by atoms with Crippen LogP contribution < -0.4 is 11.1 Å². The molecule has 4 nitrogen and oxygen atoms in total. The van der Waals surface area contributed by atoms with Crippen LogP contribution in [0.3, 0.4) is 0 Å². The number of hydrogen-bond donors (Lipinski definition) is 2. The van der Waals surface area contributed by atoms with Crippen LogP contribution in [-0.4, -0.2) is 31.8 Å². The number of ether oxygens (including phenoxy) is 1. The van der Waals surface area contributed by atoms with Gasteiger partial charge in [0.2, 0.25) is 0 Å². The van der Waals surface area contributed by atoms with Crippen LogP contribution in [0.5, 0.6) is 0 Å². The first-order chi connectivity index (χ1) is 7.58. The lowest BCUT2D eigenvalue weighted by molar-refractivity contribution is 0.00381. The molecule has 0 aromatic carbocycles. The van der Waals surface area contributed by atoms with Gasteiger partial charge in [-0.3, -0.25) is 4.99 Å². The second-order valence-electron chi connectivity index (χ2n) is 5.07. The SMILES string of the molecule is CC(C)CN=C(N)NCC1CCOC(C)C1. The van der Waals surface area contributed by atoms with Gasteiger partial charge >= 0.3 is 0 Å². The zero-order valence-corrected chi connectivity index (χ0v) is 10.7. The number of aliphatic imine (C=N–C) groups is 1. The van der Waals surface area contributed by atoms with Gasteiger partial charge in [0.1, 0.15) is 0 Å². The molecular weight excluding hydrogens is 202 g/mol. The van der Waals surface area contributed by atoms with Crippen molar-refractivity contribution >= 4 is 5.96 Å². The molecule has 1 fully saturated rings. The predicted molar refractivity (Wildman–Crippen MR) is 67.5 cm³/mol. The molecule has 94 valence electrons. The molecule has 0 saturated carbocycles. The Morgan fingerprint density at radius 3 is 2.94 bits per heavy atom. The van der Waals surface area contributed by atoms with Crippen molar-refractivity contribution in [3.8, 4) is 0 Å². The van der Waals surface area contributed by atoms with Crippen LogP contribution in [-0.2, 0) is 4.74 Å². The molecule has 0 aromatic rings. The van der Waals surface area contributed by atoms with E-state index in [1.54, 1.807) is 0 Å². The zero-order chi connectivity index (χ0) is 12.0. The van der Waals surface area contributed by atoms with E-state index in [0.29, 0.717) is 23.9 Å². The van der Waals surface area contributed by atoms with Gasteiger partial charge in [0.05, 0.1) is 6.10 Å². The van der Waals surface area contributed by atoms with Gasteiger partial charge in [0.25, 0.3) is 0 Å². The van der Waals surface area contributed by atoms with Gasteiger partial charge in [-0.05, 0) is 31.6 Å². The Morgan fingerprint density at radius 1 is 1.56 bits per heavy atom. The van der Waals surface area contributed by atoms with Crippen molar-refractivity contribution in [3.05, 3.63) is 0 Å². The fraction of sp³-hybridized carbons (Fsp3) is 0.917. The molecule has 0 aromatic heterocycles. The fourth-order valence-electron chi connectivity index (χ4n) is 1.86. The van der Waals surface area contributed by atoms with E-state index in [4.69, 9.17) is 10.5 Å². The lowest BCUT2D eigenvalue weighted by Gasteiger charge is -2.27. The summed E-state index contributed by atoms with van der Waals surface area (Å²) in [5.41, 5.74) is 5.78. The highest BCUT2D eigenvalue weighted by molar-refractivity contribution is 5.77. The third-order valence-corrected chi connectivity index (χ3v) is 2.79. The summed E-state index contributed by atoms with van der Waals surface area (Å²) < 4.78 is 5.50. The van der Waals surface area contributed by atoms with Gasteiger partial charge in [0.15, 0.2) is 5.96 Å². The number of hydrogen-bond acceptors (Lipinski definition) is 2. The highest BCUT2D eigenvalue weighted by Gasteiger charge is 2.18. The van der Waals surface area contributed by atoms with Crippen LogP contribution in [0.25, 0.3) is 0 Å². The van der Waals surface area contributed by atoms with E-state index < -0.39 is 0 Å². The summed E-state index contributed by atoms with van der Waals surface area (Å²) in [4.78, 5) is 4.28. The van der Waals surface area contributed by atoms with Gasteiger partial charge in [-0.15, -0.1) is 0 Å². The highest BCUT2D eigenvalue weighted by Crippen LogP contribution is 2.18. The molecule has 2 atom stereocenters. The standard InChI is InChI=1S/C12H25N3O/c1-9(2)7-14-12(13)15-8-11-4-5-16-10(3)6-11/h9-11H,4-8H2,1-3H3,(H3,13,14,15). The number of nitrogens with two attached hydrogens (primary N) is 1. The Morgan fingerprint density at radius 2 is 2.31 bits per heavy atom. The third kappa shape index (κ3) is 5.35. The van der Waals surface area contributed by atoms with Crippen molar-refractivity contribution < 1.29 is 4.74 Å². The molecule has 0 bridgehead atoms. The van der Waals surface area contributed by atoms with Crippen LogP contribution in [0, 0.1) is 11.8 Å². The summed E-state index contributed by atoms with van der Waals surface area (Å²) in [6, 6.07) is 0. The average molecular weight is 227 g/mol. The fourth-order valence-corrected chi connectivity index (χ4v) is 1.86. The first-order valence-electron chi connectivity index (χ1n) is 6.23. The molecule has 2 unspecified atom stereocenters. The summed E-state index contributed by atoms with van der Waals surface area (Å²) in [7, 11) is 0. The summed E-state index contributed by atoms with van der Waals surface area (Å²) in [6.07, 6.45) is 2.62. The van der Waals surface area contributed by atoms with E-state index in [9.17, 15) is 0 Å².